The van der Waals surface area contributed by atoms with E-state index in [0.29, 0.717) is 19.8 Å². The molecule has 90 valence electrons. The molecule has 0 spiro atoms. The molecule has 0 unspecified atom stereocenters. The summed E-state index contributed by atoms with van der Waals surface area (Å²) in [6.07, 6.45) is 3.70. The molecule has 0 radical (unpaired) electrons. The molecule has 0 saturated heterocycles. The third kappa shape index (κ3) is 5.21. The first-order valence-corrected chi connectivity index (χ1v) is 5.51. The summed E-state index contributed by atoms with van der Waals surface area (Å²) in [5, 5.41) is 3.33. The van der Waals surface area contributed by atoms with Gasteiger partial charge in [0.2, 0.25) is 0 Å². The number of aryl methyl sites for hydroxylation is 1. The molecule has 1 heterocycles. The van der Waals surface area contributed by atoms with E-state index in [2.05, 4.69) is 17.2 Å². The maximum Gasteiger partial charge on any atom is 0.0700 e. The summed E-state index contributed by atoms with van der Waals surface area (Å²) in [5.41, 5.74) is 2.50. The Morgan fingerprint density at radius 1 is 1.31 bits per heavy atom. The number of ether oxygens (including phenoxy) is 2. The Balaban J connectivity index is 2.05. The van der Waals surface area contributed by atoms with E-state index in [1.165, 1.54) is 11.1 Å². The van der Waals surface area contributed by atoms with Gasteiger partial charge in [0, 0.05) is 32.6 Å². The molecular formula is C12H20N2O2. The van der Waals surface area contributed by atoms with E-state index in [1.807, 2.05) is 18.5 Å². The number of nitrogens with one attached hydrogen (secondary N) is 1. The van der Waals surface area contributed by atoms with Crippen molar-refractivity contribution in [2.24, 2.45) is 0 Å². The van der Waals surface area contributed by atoms with Crippen molar-refractivity contribution in [3.8, 4) is 0 Å². The molecule has 0 bridgehead atoms. The first kappa shape index (κ1) is 13.1. The summed E-state index contributed by atoms with van der Waals surface area (Å²) in [5.74, 6) is 0. The monoisotopic (exact) mass is 224 g/mol. The van der Waals surface area contributed by atoms with Gasteiger partial charge in [0.1, 0.15) is 0 Å². The number of hydrogen-bond donors (Lipinski definition) is 1. The first-order valence-electron chi connectivity index (χ1n) is 5.51. The molecule has 16 heavy (non-hydrogen) atoms. The van der Waals surface area contributed by atoms with Crippen LogP contribution in [0.5, 0.6) is 0 Å². The van der Waals surface area contributed by atoms with Crippen molar-refractivity contribution < 1.29 is 9.47 Å². The van der Waals surface area contributed by atoms with Crippen molar-refractivity contribution in [3.63, 3.8) is 0 Å². The Morgan fingerprint density at radius 2 is 2.19 bits per heavy atom. The lowest BCUT2D eigenvalue weighted by molar-refractivity contribution is 0.0719. The van der Waals surface area contributed by atoms with E-state index >= 15 is 0 Å². The van der Waals surface area contributed by atoms with Gasteiger partial charge in [-0.15, -0.1) is 0 Å². The maximum atomic E-state index is 5.34. The summed E-state index contributed by atoms with van der Waals surface area (Å²) < 4.78 is 10.2. The van der Waals surface area contributed by atoms with E-state index in [1.54, 1.807) is 7.11 Å². The van der Waals surface area contributed by atoms with E-state index in [-0.39, 0.29) is 0 Å². The van der Waals surface area contributed by atoms with Crippen molar-refractivity contribution in [3.05, 3.63) is 29.6 Å². The highest BCUT2D eigenvalue weighted by molar-refractivity contribution is 5.20. The largest absolute Gasteiger partial charge is 0.382 e. The second kappa shape index (κ2) is 8.21. The molecule has 0 aromatic carbocycles. The lowest BCUT2D eigenvalue weighted by Crippen LogP contribution is -2.20. The predicted octanol–water partition coefficient (Wildman–Crippen LogP) is 1.14. The van der Waals surface area contributed by atoms with Crippen molar-refractivity contribution in [1.82, 2.24) is 10.3 Å². The lowest BCUT2D eigenvalue weighted by atomic mass is 10.1. The first-order chi connectivity index (χ1) is 7.84. The van der Waals surface area contributed by atoms with Gasteiger partial charge in [0.25, 0.3) is 0 Å². The molecule has 0 aliphatic rings. The van der Waals surface area contributed by atoms with Gasteiger partial charge < -0.3 is 14.8 Å². The van der Waals surface area contributed by atoms with Gasteiger partial charge in [-0.3, -0.25) is 4.98 Å². The molecule has 4 heteroatoms. The molecular weight excluding hydrogens is 204 g/mol. The number of hydrogen-bond acceptors (Lipinski definition) is 4. The van der Waals surface area contributed by atoms with Crippen LogP contribution in [-0.2, 0) is 16.0 Å². The van der Waals surface area contributed by atoms with Crippen LogP contribution in [0.25, 0.3) is 0 Å². The molecule has 0 amide bonds. The highest BCUT2D eigenvalue weighted by Gasteiger charge is 1.96. The van der Waals surface area contributed by atoms with E-state index in [9.17, 15) is 0 Å². The lowest BCUT2D eigenvalue weighted by Gasteiger charge is -2.07. The SMILES string of the molecule is COCCOCCNCc1ccncc1C. The molecule has 0 atom stereocenters. The molecule has 0 aliphatic carbocycles. The van der Waals surface area contributed by atoms with Crippen LogP contribution in [0.4, 0.5) is 0 Å². The van der Waals surface area contributed by atoms with Crippen molar-refractivity contribution in [2.75, 3.05) is 33.5 Å². The van der Waals surface area contributed by atoms with Gasteiger partial charge in [-0.2, -0.15) is 0 Å². The van der Waals surface area contributed by atoms with Crippen LogP contribution in [0.1, 0.15) is 11.1 Å². The zero-order valence-corrected chi connectivity index (χ0v) is 10.0. The number of aromatic nitrogens is 1. The van der Waals surface area contributed by atoms with Crippen LogP contribution < -0.4 is 5.32 Å². The average molecular weight is 224 g/mol. The minimum absolute atomic E-state index is 0.656. The van der Waals surface area contributed by atoms with Crippen LogP contribution in [0.2, 0.25) is 0 Å². The minimum Gasteiger partial charge on any atom is -0.382 e. The normalized spacial score (nSPS) is 10.6. The maximum absolute atomic E-state index is 5.34. The van der Waals surface area contributed by atoms with Crippen LogP contribution in [-0.4, -0.2) is 38.5 Å². The molecule has 0 aliphatic heterocycles. The Bertz CT molecular complexity index is 292. The predicted molar refractivity (Wildman–Crippen MR) is 63.4 cm³/mol. The Labute approximate surface area is 97.0 Å². The minimum atomic E-state index is 0.656. The summed E-state index contributed by atoms with van der Waals surface area (Å²) >= 11 is 0. The average Bonchev–Trinajstić information content (AvgIpc) is 2.30. The number of rotatable bonds is 8. The Morgan fingerprint density at radius 3 is 2.94 bits per heavy atom. The Hall–Kier alpha value is -0.970. The molecule has 0 fully saturated rings. The van der Waals surface area contributed by atoms with Gasteiger partial charge in [0.05, 0.1) is 19.8 Å². The number of pyridine rings is 1. The number of methoxy groups -OCH3 is 1. The summed E-state index contributed by atoms with van der Waals surface area (Å²) in [6.45, 7) is 5.82. The molecule has 1 aromatic heterocycles. The number of nitrogens with zero attached hydrogens (tertiary/aromatic N) is 1. The topological polar surface area (TPSA) is 43.4 Å². The molecule has 4 nitrogen and oxygen atoms in total. The van der Waals surface area contributed by atoms with Crippen molar-refractivity contribution >= 4 is 0 Å². The van der Waals surface area contributed by atoms with E-state index < -0.39 is 0 Å². The van der Waals surface area contributed by atoms with Crippen LogP contribution >= 0.6 is 0 Å². The highest BCUT2D eigenvalue weighted by atomic mass is 16.5. The van der Waals surface area contributed by atoms with Crippen molar-refractivity contribution in [1.29, 1.82) is 0 Å². The Kier molecular flexibility index (Phi) is 6.72. The van der Waals surface area contributed by atoms with Gasteiger partial charge in [-0.25, -0.2) is 0 Å². The summed E-state index contributed by atoms with van der Waals surface area (Å²) in [6, 6.07) is 2.04. The van der Waals surface area contributed by atoms with Crippen LogP contribution in [0.3, 0.4) is 0 Å². The summed E-state index contributed by atoms with van der Waals surface area (Å²) in [4.78, 5) is 4.06. The van der Waals surface area contributed by atoms with Gasteiger partial charge >= 0.3 is 0 Å². The van der Waals surface area contributed by atoms with Crippen molar-refractivity contribution in [2.45, 2.75) is 13.5 Å². The van der Waals surface area contributed by atoms with E-state index in [0.717, 1.165) is 13.1 Å². The quantitative estimate of drug-likeness (QED) is 0.673. The molecule has 1 rings (SSSR count). The van der Waals surface area contributed by atoms with Gasteiger partial charge in [-0.05, 0) is 24.1 Å². The fourth-order valence-electron chi connectivity index (χ4n) is 1.31. The van der Waals surface area contributed by atoms with Gasteiger partial charge in [-0.1, -0.05) is 0 Å². The second-order valence-corrected chi connectivity index (χ2v) is 3.58. The third-order valence-corrected chi connectivity index (χ3v) is 2.31. The standard InChI is InChI=1S/C12H20N2O2/c1-11-9-13-4-3-12(11)10-14-5-6-16-8-7-15-2/h3-4,9,14H,5-8,10H2,1-2H3. The summed E-state index contributed by atoms with van der Waals surface area (Å²) in [7, 11) is 1.67. The van der Waals surface area contributed by atoms with Crippen LogP contribution in [0, 0.1) is 6.92 Å². The zero-order chi connectivity index (χ0) is 11.6. The smallest absolute Gasteiger partial charge is 0.0700 e. The fourth-order valence-corrected chi connectivity index (χ4v) is 1.31. The molecule has 1 N–H and O–H groups in total. The van der Waals surface area contributed by atoms with E-state index in [4.69, 9.17) is 9.47 Å². The van der Waals surface area contributed by atoms with Crippen LogP contribution in [0.15, 0.2) is 18.5 Å². The zero-order valence-electron chi connectivity index (χ0n) is 10.0. The third-order valence-electron chi connectivity index (χ3n) is 2.31. The molecule has 1 aromatic rings. The highest BCUT2D eigenvalue weighted by Crippen LogP contribution is 2.03. The molecule has 0 saturated carbocycles. The second-order valence-electron chi connectivity index (χ2n) is 3.58. The fraction of sp³-hybridized carbons (Fsp3) is 0.583. The van der Waals surface area contributed by atoms with Gasteiger partial charge in [0.15, 0.2) is 0 Å².